The molecule has 0 aliphatic carbocycles. The summed E-state index contributed by atoms with van der Waals surface area (Å²) in [7, 11) is 0. The van der Waals surface area contributed by atoms with E-state index in [2.05, 4.69) is 29.9 Å². The Balaban J connectivity index is 2.09. The van der Waals surface area contributed by atoms with Crippen molar-refractivity contribution in [1.82, 2.24) is 14.4 Å². The van der Waals surface area contributed by atoms with E-state index < -0.39 is 0 Å². The molecule has 142 valence electrons. The first kappa shape index (κ1) is 19.3. The van der Waals surface area contributed by atoms with Crippen LogP contribution >= 0.6 is 0 Å². The molecule has 3 aromatic rings. The zero-order chi connectivity index (χ0) is 20.1. The lowest BCUT2D eigenvalue weighted by atomic mass is 9.97. The number of hydrogen-bond donors (Lipinski definition) is 1. The van der Waals surface area contributed by atoms with Crippen LogP contribution in [0.2, 0.25) is 0 Å². The molecule has 6 nitrogen and oxygen atoms in total. The van der Waals surface area contributed by atoms with Crippen LogP contribution < -0.4 is 5.73 Å². The number of nitriles is 1. The van der Waals surface area contributed by atoms with E-state index in [-0.39, 0.29) is 0 Å². The normalized spacial score (nSPS) is 12.5. The first-order valence-corrected chi connectivity index (χ1v) is 9.31. The van der Waals surface area contributed by atoms with E-state index in [0.29, 0.717) is 23.7 Å². The quantitative estimate of drug-likeness (QED) is 0.662. The van der Waals surface area contributed by atoms with Crippen LogP contribution in [0, 0.1) is 24.2 Å². The van der Waals surface area contributed by atoms with Crippen LogP contribution in [0.4, 0.5) is 0 Å². The Bertz CT molecular complexity index is 1080. The molecule has 0 saturated carbocycles. The van der Waals surface area contributed by atoms with Gasteiger partial charge in [-0.25, -0.2) is 4.98 Å². The summed E-state index contributed by atoms with van der Waals surface area (Å²) in [5.41, 5.74) is 11.0. The van der Waals surface area contributed by atoms with Gasteiger partial charge in [0.25, 0.3) is 0 Å². The van der Waals surface area contributed by atoms with Gasteiger partial charge in [-0.05, 0) is 37.5 Å². The molecule has 3 aromatic heterocycles. The summed E-state index contributed by atoms with van der Waals surface area (Å²) in [6.07, 6.45) is 7.95. The summed E-state index contributed by atoms with van der Waals surface area (Å²) in [4.78, 5) is 13.6. The van der Waals surface area contributed by atoms with Crippen LogP contribution in [0.1, 0.15) is 31.5 Å². The highest BCUT2D eigenvalue weighted by Crippen LogP contribution is 2.29. The molecule has 2 N–H and O–H groups in total. The SMILES string of the molecule is Cc1ccc(C(=CN)C(C#N)=NCCC(C)C)c(-c2ccn3ccnc3c2)n1. The van der Waals surface area contributed by atoms with Crippen LogP contribution in [0.5, 0.6) is 0 Å². The number of pyridine rings is 2. The minimum Gasteiger partial charge on any atom is -0.404 e. The molecule has 3 heterocycles. The van der Waals surface area contributed by atoms with Gasteiger partial charge in [0, 0.05) is 53.7 Å². The molecule has 0 fully saturated rings. The van der Waals surface area contributed by atoms with Crippen molar-refractivity contribution in [3.05, 3.63) is 60.3 Å². The highest BCUT2D eigenvalue weighted by Gasteiger charge is 2.17. The van der Waals surface area contributed by atoms with Crippen molar-refractivity contribution in [3.63, 3.8) is 0 Å². The first-order valence-electron chi connectivity index (χ1n) is 9.31. The summed E-state index contributed by atoms with van der Waals surface area (Å²) in [6, 6.07) is 10.0. The van der Waals surface area contributed by atoms with E-state index in [9.17, 15) is 5.26 Å². The zero-order valence-electron chi connectivity index (χ0n) is 16.4. The van der Waals surface area contributed by atoms with Crippen molar-refractivity contribution in [2.24, 2.45) is 16.6 Å². The molecule has 0 atom stereocenters. The van der Waals surface area contributed by atoms with E-state index in [0.717, 1.165) is 34.6 Å². The number of rotatable bonds is 6. The Morgan fingerprint density at radius 2 is 2.14 bits per heavy atom. The fourth-order valence-corrected chi connectivity index (χ4v) is 2.96. The van der Waals surface area contributed by atoms with E-state index in [1.54, 1.807) is 6.20 Å². The Morgan fingerprint density at radius 3 is 2.86 bits per heavy atom. The Hall–Kier alpha value is -3.46. The van der Waals surface area contributed by atoms with E-state index in [4.69, 9.17) is 10.7 Å². The maximum Gasteiger partial charge on any atom is 0.144 e. The number of hydrogen-bond acceptors (Lipinski definition) is 5. The molecule has 0 amide bonds. The molecule has 0 aromatic carbocycles. The largest absolute Gasteiger partial charge is 0.404 e. The third kappa shape index (κ3) is 4.09. The minimum absolute atomic E-state index is 0.331. The van der Waals surface area contributed by atoms with Crippen molar-refractivity contribution in [2.75, 3.05) is 6.54 Å². The van der Waals surface area contributed by atoms with Crippen molar-refractivity contribution < 1.29 is 0 Å². The second-order valence-electron chi connectivity index (χ2n) is 7.06. The maximum absolute atomic E-state index is 9.67. The first-order chi connectivity index (χ1) is 13.5. The molecule has 0 bridgehead atoms. The van der Waals surface area contributed by atoms with E-state index >= 15 is 0 Å². The molecule has 0 saturated heterocycles. The lowest BCUT2D eigenvalue weighted by Crippen LogP contribution is -2.07. The van der Waals surface area contributed by atoms with Crippen LogP contribution in [-0.2, 0) is 0 Å². The predicted octanol–water partition coefficient (Wildman–Crippen LogP) is 4.02. The molecule has 0 aliphatic heterocycles. The number of nitrogens with two attached hydrogens (primary N) is 1. The van der Waals surface area contributed by atoms with Crippen LogP contribution in [0.3, 0.4) is 0 Å². The van der Waals surface area contributed by atoms with Gasteiger partial charge in [-0.3, -0.25) is 9.98 Å². The Kier molecular flexibility index (Phi) is 5.85. The van der Waals surface area contributed by atoms with Gasteiger partial charge >= 0.3 is 0 Å². The fraction of sp³-hybridized carbons (Fsp3) is 0.273. The van der Waals surface area contributed by atoms with E-state index in [1.165, 1.54) is 6.20 Å². The van der Waals surface area contributed by atoms with Crippen LogP contribution in [-0.4, -0.2) is 26.6 Å². The molecule has 0 aliphatic rings. The van der Waals surface area contributed by atoms with Crippen molar-refractivity contribution in [2.45, 2.75) is 27.2 Å². The average molecular weight is 372 g/mol. The number of imidazole rings is 1. The summed E-state index contributed by atoms with van der Waals surface area (Å²) in [5, 5.41) is 9.67. The number of allylic oxidation sites excluding steroid dienone is 1. The second-order valence-corrected chi connectivity index (χ2v) is 7.06. The van der Waals surface area contributed by atoms with Gasteiger partial charge < -0.3 is 10.1 Å². The maximum atomic E-state index is 9.67. The fourth-order valence-electron chi connectivity index (χ4n) is 2.96. The van der Waals surface area contributed by atoms with Crippen molar-refractivity contribution in [3.8, 4) is 17.3 Å². The lowest BCUT2D eigenvalue weighted by Gasteiger charge is -2.13. The molecule has 0 radical (unpaired) electrons. The highest BCUT2D eigenvalue weighted by atomic mass is 15.0. The predicted molar refractivity (Wildman–Crippen MR) is 113 cm³/mol. The highest BCUT2D eigenvalue weighted by molar-refractivity contribution is 6.32. The van der Waals surface area contributed by atoms with Gasteiger partial charge in [-0.15, -0.1) is 0 Å². The Morgan fingerprint density at radius 1 is 1.32 bits per heavy atom. The van der Waals surface area contributed by atoms with Gasteiger partial charge in [0.1, 0.15) is 17.4 Å². The molecule has 3 rings (SSSR count). The minimum atomic E-state index is 0.331. The molecular formula is C22H24N6. The molecular weight excluding hydrogens is 348 g/mol. The molecule has 0 spiro atoms. The second kappa shape index (κ2) is 8.49. The monoisotopic (exact) mass is 372 g/mol. The summed E-state index contributed by atoms with van der Waals surface area (Å²) < 4.78 is 1.94. The number of aryl methyl sites for hydroxylation is 1. The number of nitrogens with zero attached hydrogens (tertiary/aromatic N) is 5. The van der Waals surface area contributed by atoms with Gasteiger partial charge in [0.2, 0.25) is 0 Å². The smallest absolute Gasteiger partial charge is 0.144 e. The van der Waals surface area contributed by atoms with E-state index in [1.807, 2.05) is 48.0 Å². The topological polar surface area (TPSA) is 92.4 Å². The number of aliphatic imine (C=N–C) groups is 1. The molecule has 28 heavy (non-hydrogen) atoms. The Labute approximate surface area is 165 Å². The van der Waals surface area contributed by atoms with Gasteiger partial charge in [-0.2, -0.15) is 5.26 Å². The molecule has 6 heteroatoms. The summed E-state index contributed by atoms with van der Waals surface area (Å²) >= 11 is 0. The number of fused-ring (bicyclic) bond motifs is 1. The van der Waals surface area contributed by atoms with Crippen molar-refractivity contribution >= 4 is 16.9 Å². The van der Waals surface area contributed by atoms with Crippen LogP contribution in [0.25, 0.3) is 22.5 Å². The average Bonchev–Trinajstić information content (AvgIpc) is 3.15. The van der Waals surface area contributed by atoms with Gasteiger partial charge in [-0.1, -0.05) is 19.9 Å². The summed E-state index contributed by atoms with van der Waals surface area (Å²) in [5.74, 6) is 0.520. The molecule has 0 unspecified atom stereocenters. The van der Waals surface area contributed by atoms with Crippen LogP contribution in [0.15, 0.2) is 54.0 Å². The van der Waals surface area contributed by atoms with Crippen molar-refractivity contribution in [1.29, 1.82) is 5.26 Å². The third-order valence-corrected chi connectivity index (χ3v) is 4.50. The van der Waals surface area contributed by atoms with Gasteiger partial charge in [0.15, 0.2) is 0 Å². The number of aromatic nitrogens is 3. The third-order valence-electron chi connectivity index (χ3n) is 4.50. The zero-order valence-corrected chi connectivity index (χ0v) is 16.4. The summed E-state index contributed by atoms with van der Waals surface area (Å²) in [6.45, 7) is 6.80. The van der Waals surface area contributed by atoms with Gasteiger partial charge in [0.05, 0.1) is 5.69 Å². The standard InChI is InChI=1S/C22H24N6/c1-15(2)6-8-25-20(14-24)19(13-23)18-5-4-16(3)27-22(18)17-7-10-28-11-9-26-21(28)12-17/h4-5,7,9-13,15H,6,8,23H2,1-3H3. The lowest BCUT2D eigenvalue weighted by molar-refractivity contribution is 0.597.